The van der Waals surface area contributed by atoms with E-state index in [9.17, 15) is 13.5 Å². The fraction of sp³-hybridized carbons (Fsp3) is 0.250. The minimum atomic E-state index is -3.92. The Morgan fingerprint density at radius 1 is 1.04 bits per heavy atom. The first-order valence-corrected chi connectivity index (χ1v) is 10.2. The fourth-order valence-corrected chi connectivity index (χ4v) is 4.42. The predicted molar refractivity (Wildman–Crippen MR) is 106 cm³/mol. The van der Waals surface area contributed by atoms with Crippen molar-refractivity contribution in [3.8, 4) is 11.3 Å². The first-order valence-electron chi connectivity index (χ1n) is 8.78. The molecule has 0 atom stereocenters. The van der Waals surface area contributed by atoms with Crippen LogP contribution < -0.4 is 4.31 Å². The number of hydrogen-bond acceptors (Lipinski definition) is 4. The van der Waals surface area contributed by atoms with Crippen LogP contribution >= 0.6 is 0 Å². The molecule has 1 heterocycles. The Labute approximate surface area is 159 Å². The number of aromatic nitrogens is 2. The molecule has 6 nitrogen and oxygen atoms in total. The predicted octanol–water partition coefficient (Wildman–Crippen LogP) is 3.32. The van der Waals surface area contributed by atoms with Gasteiger partial charge in [-0.05, 0) is 26.0 Å². The Morgan fingerprint density at radius 3 is 2.19 bits per heavy atom. The van der Waals surface area contributed by atoms with Gasteiger partial charge >= 0.3 is 0 Å². The van der Waals surface area contributed by atoms with Gasteiger partial charge in [0.1, 0.15) is 10.6 Å². The Balaban J connectivity index is 2.18. The highest BCUT2D eigenvalue weighted by molar-refractivity contribution is 7.93. The maximum atomic E-state index is 13.5. The lowest BCUT2D eigenvalue weighted by Crippen LogP contribution is -2.33. The highest BCUT2D eigenvalue weighted by Crippen LogP contribution is 2.31. The molecule has 0 saturated carbocycles. The van der Waals surface area contributed by atoms with Gasteiger partial charge in [0.05, 0.1) is 18.8 Å². The molecule has 0 saturated heterocycles. The van der Waals surface area contributed by atoms with E-state index in [0.29, 0.717) is 11.4 Å². The summed E-state index contributed by atoms with van der Waals surface area (Å²) in [7, 11) is -3.92. The summed E-state index contributed by atoms with van der Waals surface area (Å²) in [5.41, 5.74) is 1.64. The van der Waals surface area contributed by atoms with E-state index < -0.39 is 10.0 Å². The normalized spacial score (nSPS) is 11.7. The lowest BCUT2D eigenvalue weighted by atomic mass is 10.2. The average Bonchev–Trinajstić information content (AvgIpc) is 3.14. The minimum Gasteiger partial charge on any atom is -0.394 e. The van der Waals surface area contributed by atoms with Gasteiger partial charge in [-0.3, -0.25) is 8.99 Å². The van der Waals surface area contributed by atoms with Crippen molar-refractivity contribution < 1.29 is 13.5 Å². The molecule has 0 unspecified atom stereocenters. The lowest BCUT2D eigenvalue weighted by Gasteiger charge is -2.23. The zero-order valence-electron chi connectivity index (χ0n) is 15.4. The van der Waals surface area contributed by atoms with E-state index >= 15 is 0 Å². The molecule has 0 radical (unpaired) electrons. The quantitative estimate of drug-likeness (QED) is 0.677. The molecule has 0 bridgehead atoms. The van der Waals surface area contributed by atoms with E-state index in [-0.39, 0.29) is 24.1 Å². The second-order valence-corrected chi connectivity index (χ2v) is 8.25. The number of aliphatic hydroxyl groups excluding tert-OH is 1. The van der Waals surface area contributed by atoms with Crippen LogP contribution in [0.4, 0.5) is 5.69 Å². The Morgan fingerprint density at radius 2 is 1.63 bits per heavy atom. The molecule has 0 fully saturated rings. The van der Waals surface area contributed by atoms with Crippen LogP contribution in [0.1, 0.15) is 19.9 Å². The van der Waals surface area contributed by atoms with Crippen LogP contribution in [-0.4, -0.2) is 36.5 Å². The van der Waals surface area contributed by atoms with Crippen LogP contribution in [0.5, 0.6) is 0 Å². The van der Waals surface area contributed by atoms with Gasteiger partial charge in [-0.15, -0.1) is 0 Å². The standard InChI is InChI=1S/C20H23N3O3S/c1-16(2)22-15-19(20(21-22)17-9-5-3-6-10-17)27(25,26)23(13-14-24)18-11-7-4-8-12-18/h3-12,15-16,24H,13-14H2,1-2H3. The van der Waals surface area contributed by atoms with Gasteiger partial charge in [-0.1, -0.05) is 48.5 Å². The Hall–Kier alpha value is -2.64. The molecule has 2 aromatic carbocycles. The third-order valence-corrected chi connectivity index (χ3v) is 6.02. The first-order chi connectivity index (χ1) is 12.9. The van der Waals surface area contributed by atoms with Crippen molar-refractivity contribution >= 4 is 15.7 Å². The summed E-state index contributed by atoms with van der Waals surface area (Å²) in [5.74, 6) is 0. The lowest BCUT2D eigenvalue weighted by molar-refractivity contribution is 0.306. The zero-order valence-corrected chi connectivity index (χ0v) is 16.2. The van der Waals surface area contributed by atoms with Gasteiger partial charge in [-0.2, -0.15) is 5.10 Å². The van der Waals surface area contributed by atoms with Crippen LogP contribution in [0.25, 0.3) is 11.3 Å². The largest absolute Gasteiger partial charge is 0.394 e. The van der Waals surface area contributed by atoms with Crippen molar-refractivity contribution in [1.82, 2.24) is 9.78 Å². The van der Waals surface area contributed by atoms with Crippen molar-refractivity contribution in [2.75, 3.05) is 17.5 Å². The van der Waals surface area contributed by atoms with E-state index in [1.165, 1.54) is 4.31 Å². The van der Waals surface area contributed by atoms with Crippen molar-refractivity contribution in [2.24, 2.45) is 0 Å². The van der Waals surface area contributed by atoms with Gasteiger partial charge in [0.25, 0.3) is 10.0 Å². The van der Waals surface area contributed by atoms with E-state index in [4.69, 9.17) is 0 Å². The van der Waals surface area contributed by atoms with Crippen molar-refractivity contribution in [3.05, 3.63) is 66.9 Å². The molecule has 0 aliphatic carbocycles. The minimum absolute atomic E-state index is 0.0134. The number of para-hydroxylation sites is 1. The van der Waals surface area contributed by atoms with Crippen molar-refractivity contribution in [3.63, 3.8) is 0 Å². The highest BCUT2D eigenvalue weighted by Gasteiger charge is 2.30. The van der Waals surface area contributed by atoms with Crippen molar-refractivity contribution in [1.29, 1.82) is 0 Å². The van der Waals surface area contributed by atoms with E-state index in [1.54, 1.807) is 35.1 Å². The topological polar surface area (TPSA) is 75.4 Å². The zero-order chi connectivity index (χ0) is 19.4. The number of nitrogens with zero attached hydrogens (tertiary/aromatic N) is 3. The maximum Gasteiger partial charge on any atom is 0.268 e. The maximum absolute atomic E-state index is 13.5. The van der Waals surface area contributed by atoms with E-state index in [0.717, 1.165) is 5.56 Å². The molecule has 0 amide bonds. The van der Waals surface area contributed by atoms with Crippen LogP contribution in [0.3, 0.4) is 0 Å². The van der Waals surface area contributed by atoms with Gasteiger partial charge in [0.2, 0.25) is 0 Å². The Bertz CT molecular complexity index is 984. The number of benzene rings is 2. The molecular weight excluding hydrogens is 362 g/mol. The van der Waals surface area contributed by atoms with E-state index in [1.807, 2.05) is 50.2 Å². The average molecular weight is 385 g/mol. The third kappa shape index (κ3) is 3.89. The molecule has 0 aliphatic rings. The Kier molecular flexibility index (Phi) is 5.62. The molecule has 0 aliphatic heterocycles. The number of rotatable bonds is 7. The monoisotopic (exact) mass is 385 g/mol. The second-order valence-electron chi connectivity index (χ2n) is 6.42. The fourth-order valence-electron chi connectivity index (χ4n) is 2.82. The van der Waals surface area contributed by atoms with Crippen LogP contribution in [0.2, 0.25) is 0 Å². The van der Waals surface area contributed by atoms with Crippen LogP contribution in [0, 0.1) is 0 Å². The molecule has 1 aromatic heterocycles. The number of aliphatic hydroxyl groups is 1. The molecule has 27 heavy (non-hydrogen) atoms. The van der Waals surface area contributed by atoms with Gasteiger partial charge in [0.15, 0.2) is 0 Å². The molecule has 0 spiro atoms. The second kappa shape index (κ2) is 7.94. The summed E-state index contributed by atoms with van der Waals surface area (Å²) in [6.45, 7) is 3.57. The summed E-state index contributed by atoms with van der Waals surface area (Å²) >= 11 is 0. The highest BCUT2D eigenvalue weighted by atomic mass is 32.2. The first kappa shape index (κ1) is 19.1. The van der Waals surface area contributed by atoms with Gasteiger partial charge in [-0.25, -0.2) is 8.42 Å². The van der Waals surface area contributed by atoms with Crippen LogP contribution in [-0.2, 0) is 10.0 Å². The van der Waals surface area contributed by atoms with Crippen molar-refractivity contribution in [2.45, 2.75) is 24.8 Å². The van der Waals surface area contributed by atoms with Crippen LogP contribution in [0.15, 0.2) is 71.8 Å². The number of sulfonamides is 1. The molecule has 7 heteroatoms. The molecule has 142 valence electrons. The van der Waals surface area contributed by atoms with Gasteiger partial charge in [0, 0.05) is 17.8 Å². The molecule has 1 N–H and O–H groups in total. The number of anilines is 1. The molecule has 3 aromatic rings. The van der Waals surface area contributed by atoms with Gasteiger partial charge < -0.3 is 5.11 Å². The summed E-state index contributed by atoms with van der Waals surface area (Å²) in [4.78, 5) is 0.125. The number of hydrogen-bond donors (Lipinski definition) is 1. The smallest absolute Gasteiger partial charge is 0.268 e. The summed E-state index contributed by atoms with van der Waals surface area (Å²) < 4.78 is 29.9. The SMILES string of the molecule is CC(C)n1cc(S(=O)(=O)N(CCO)c2ccccc2)c(-c2ccccc2)n1. The molecular formula is C20H23N3O3S. The summed E-state index contributed by atoms with van der Waals surface area (Å²) in [6.07, 6.45) is 1.57. The van der Waals surface area contributed by atoms with E-state index in [2.05, 4.69) is 5.10 Å². The summed E-state index contributed by atoms with van der Waals surface area (Å²) in [5, 5.41) is 14.0. The third-order valence-electron chi connectivity index (χ3n) is 4.19. The molecule has 3 rings (SSSR count). The summed E-state index contributed by atoms with van der Waals surface area (Å²) in [6, 6.07) is 18.0.